The van der Waals surface area contributed by atoms with E-state index >= 15 is 0 Å². The van der Waals surface area contributed by atoms with E-state index in [0.717, 1.165) is 11.8 Å². The van der Waals surface area contributed by atoms with E-state index in [1.165, 1.54) is 24.4 Å². The molecule has 1 aromatic carbocycles. The molecule has 1 aromatic heterocycles. The third-order valence-corrected chi connectivity index (χ3v) is 2.51. The quantitative estimate of drug-likeness (QED) is 0.887. The van der Waals surface area contributed by atoms with E-state index < -0.39 is 11.9 Å². The minimum Gasteiger partial charge on any atom is -0.388 e. The average molecular weight is 235 g/mol. The molecular weight excluding hydrogens is 224 g/mol. The Balaban J connectivity index is 2.14. The van der Waals surface area contributed by atoms with E-state index in [0.29, 0.717) is 0 Å². The molecule has 4 heteroatoms. The molecule has 0 aliphatic rings. The van der Waals surface area contributed by atoms with Gasteiger partial charge >= 0.3 is 0 Å². The number of benzene rings is 1. The molecular formula is C13H11F2NO. The summed E-state index contributed by atoms with van der Waals surface area (Å²) in [5, 5.41) is 9.86. The fourth-order valence-corrected chi connectivity index (χ4v) is 1.61. The van der Waals surface area contributed by atoms with E-state index in [1.807, 2.05) is 0 Å². The molecule has 1 heterocycles. The highest BCUT2D eigenvalue weighted by atomic mass is 19.1. The second kappa shape index (κ2) is 5.01. The number of hydrogen-bond donors (Lipinski definition) is 1. The van der Waals surface area contributed by atoms with Crippen molar-refractivity contribution >= 4 is 0 Å². The summed E-state index contributed by atoms with van der Waals surface area (Å²) in [6, 6.07) is 7.19. The van der Waals surface area contributed by atoms with E-state index in [2.05, 4.69) is 4.98 Å². The van der Waals surface area contributed by atoms with E-state index in [9.17, 15) is 13.9 Å². The second-order valence-corrected chi connectivity index (χ2v) is 3.74. The van der Waals surface area contributed by atoms with E-state index in [-0.39, 0.29) is 17.8 Å². The van der Waals surface area contributed by atoms with Gasteiger partial charge in [0, 0.05) is 18.2 Å². The zero-order valence-electron chi connectivity index (χ0n) is 8.98. The van der Waals surface area contributed by atoms with Crippen molar-refractivity contribution in [3.8, 4) is 0 Å². The largest absolute Gasteiger partial charge is 0.388 e. The van der Waals surface area contributed by atoms with Crippen LogP contribution in [0.4, 0.5) is 8.78 Å². The number of aromatic nitrogens is 1. The van der Waals surface area contributed by atoms with Gasteiger partial charge in [-0.25, -0.2) is 8.78 Å². The van der Waals surface area contributed by atoms with Crippen molar-refractivity contribution in [1.82, 2.24) is 4.98 Å². The van der Waals surface area contributed by atoms with Crippen LogP contribution >= 0.6 is 0 Å². The first-order valence-corrected chi connectivity index (χ1v) is 5.19. The number of aliphatic hydroxyl groups is 1. The van der Waals surface area contributed by atoms with Gasteiger partial charge in [-0.1, -0.05) is 12.1 Å². The van der Waals surface area contributed by atoms with Gasteiger partial charge in [0.15, 0.2) is 0 Å². The Bertz CT molecular complexity index is 499. The fourth-order valence-electron chi connectivity index (χ4n) is 1.61. The smallest absolute Gasteiger partial charge is 0.147 e. The van der Waals surface area contributed by atoms with Crippen molar-refractivity contribution in [2.45, 2.75) is 12.5 Å². The predicted molar refractivity (Wildman–Crippen MR) is 59.3 cm³/mol. The van der Waals surface area contributed by atoms with Crippen molar-refractivity contribution in [3.05, 3.63) is 65.5 Å². The van der Waals surface area contributed by atoms with Crippen molar-refractivity contribution in [2.24, 2.45) is 0 Å². The number of pyridine rings is 1. The summed E-state index contributed by atoms with van der Waals surface area (Å²) in [5.41, 5.74) is 0.944. The van der Waals surface area contributed by atoms with Crippen LogP contribution in [-0.2, 0) is 6.42 Å². The lowest BCUT2D eigenvalue weighted by atomic mass is 10.0. The highest BCUT2D eigenvalue weighted by Crippen LogP contribution is 2.20. The maximum Gasteiger partial charge on any atom is 0.147 e. The van der Waals surface area contributed by atoms with Crippen LogP contribution < -0.4 is 0 Å². The van der Waals surface area contributed by atoms with E-state index in [1.54, 1.807) is 12.1 Å². The SMILES string of the molecule is OC(Cc1ccc(F)cc1)c1ccncc1F. The van der Waals surface area contributed by atoms with Gasteiger partial charge in [-0.05, 0) is 23.8 Å². The molecule has 0 spiro atoms. The molecule has 0 bridgehead atoms. The molecule has 1 atom stereocenters. The molecule has 1 N–H and O–H groups in total. The van der Waals surface area contributed by atoms with Gasteiger partial charge in [0.05, 0.1) is 12.3 Å². The molecule has 0 saturated carbocycles. The Kier molecular flexibility index (Phi) is 3.44. The third kappa shape index (κ3) is 2.85. The first-order valence-electron chi connectivity index (χ1n) is 5.19. The fraction of sp³-hybridized carbons (Fsp3) is 0.154. The van der Waals surface area contributed by atoms with Gasteiger partial charge in [0.2, 0.25) is 0 Å². The van der Waals surface area contributed by atoms with Crippen molar-refractivity contribution < 1.29 is 13.9 Å². The first-order chi connectivity index (χ1) is 8.16. The standard InChI is InChI=1S/C13H11F2NO/c14-10-3-1-9(2-4-10)7-13(17)11-5-6-16-8-12(11)15/h1-6,8,13,17H,7H2. The molecule has 1 unspecified atom stereocenters. The van der Waals surface area contributed by atoms with Crippen LogP contribution in [0.1, 0.15) is 17.2 Å². The maximum atomic E-state index is 13.3. The van der Waals surface area contributed by atoms with Crippen molar-refractivity contribution in [2.75, 3.05) is 0 Å². The normalized spacial score (nSPS) is 12.4. The van der Waals surface area contributed by atoms with Crippen molar-refractivity contribution in [3.63, 3.8) is 0 Å². The van der Waals surface area contributed by atoms with Crippen LogP contribution in [0.2, 0.25) is 0 Å². The summed E-state index contributed by atoms with van der Waals surface area (Å²) in [6.07, 6.45) is 1.76. The third-order valence-electron chi connectivity index (χ3n) is 2.51. The van der Waals surface area contributed by atoms with Crippen LogP contribution in [0.3, 0.4) is 0 Å². The zero-order chi connectivity index (χ0) is 12.3. The summed E-state index contributed by atoms with van der Waals surface area (Å²) in [6.45, 7) is 0. The lowest BCUT2D eigenvalue weighted by Crippen LogP contribution is -2.04. The summed E-state index contributed by atoms with van der Waals surface area (Å²) >= 11 is 0. The molecule has 0 aliphatic carbocycles. The minimum atomic E-state index is -0.955. The molecule has 2 aromatic rings. The van der Waals surface area contributed by atoms with E-state index in [4.69, 9.17) is 0 Å². The highest BCUT2D eigenvalue weighted by molar-refractivity contribution is 5.22. The van der Waals surface area contributed by atoms with Gasteiger partial charge in [-0.2, -0.15) is 0 Å². The summed E-state index contributed by atoms with van der Waals surface area (Å²) in [4.78, 5) is 3.61. The van der Waals surface area contributed by atoms with Gasteiger partial charge in [0.25, 0.3) is 0 Å². The average Bonchev–Trinajstić information content (AvgIpc) is 2.32. The highest BCUT2D eigenvalue weighted by Gasteiger charge is 2.13. The van der Waals surface area contributed by atoms with Crippen LogP contribution in [0, 0.1) is 11.6 Å². The van der Waals surface area contributed by atoms with Crippen LogP contribution in [0.5, 0.6) is 0 Å². The Hall–Kier alpha value is -1.81. The summed E-state index contributed by atoms with van der Waals surface area (Å²) < 4.78 is 26.0. The van der Waals surface area contributed by atoms with Crippen molar-refractivity contribution in [1.29, 1.82) is 0 Å². The maximum absolute atomic E-state index is 13.3. The summed E-state index contributed by atoms with van der Waals surface area (Å²) in [5.74, 6) is -0.875. The Morgan fingerprint density at radius 2 is 1.82 bits per heavy atom. The minimum absolute atomic E-state index is 0.198. The predicted octanol–water partition coefficient (Wildman–Crippen LogP) is 2.64. The lowest BCUT2D eigenvalue weighted by molar-refractivity contribution is 0.173. The molecule has 2 nitrogen and oxygen atoms in total. The number of hydrogen-bond acceptors (Lipinski definition) is 2. The van der Waals surface area contributed by atoms with Gasteiger partial charge in [0.1, 0.15) is 11.6 Å². The monoisotopic (exact) mass is 235 g/mol. The number of aliphatic hydroxyl groups excluding tert-OH is 1. The molecule has 0 radical (unpaired) electrons. The Labute approximate surface area is 97.6 Å². The van der Waals surface area contributed by atoms with Gasteiger partial charge in [-0.3, -0.25) is 4.98 Å². The molecule has 0 fully saturated rings. The lowest BCUT2D eigenvalue weighted by Gasteiger charge is -2.11. The van der Waals surface area contributed by atoms with Crippen LogP contribution in [0.25, 0.3) is 0 Å². The molecule has 2 rings (SSSR count). The Morgan fingerprint density at radius 1 is 1.12 bits per heavy atom. The summed E-state index contributed by atoms with van der Waals surface area (Å²) in [7, 11) is 0. The number of rotatable bonds is 3. The molecule has 88 valence electrons. The topological polar surface area (TPSA) is 33.1 Å². The number of nitrogens with zero attached hydrogens (tertiary/aromatic N) is 1. The first kappa shape index (κ1) is 11.7. The van der Waals surface area contributed by atoms with Crippen LogP contribution in [-0.4, -0.2) is 10.1 Å². The molecule has 0 amide bonds. The van der Waals surface area contributed by atoms with Gasteiger partial charge in [-0.15, -0.1) is 0 Å². The number of halogens is 2. The molecule has 0 saturated heterocycles. The molecule has 0 aliphatic heterocycles. The Morgan fingerprint density at radius 3 is 2.47 bits per heavy atom. The molecule has 17 heavy (non-hydrogen) atoms. The van der Waals surface area contributed by atoms with Crippen LogP contribution in [0.15, 0.2) is 42.7 Å². The second-order valence-electron chi connectivity index (χ2n) is 3.74. The van der Waals surface area contributed by atoms with Gasteiger partial charge < -0.3 is 5.11 Å². The zero-order valence-corrected chi connectivity index (χ0v) is 8.98.